The quantitative estimate of drug-likeness (QED) is 0.277. The summed E-state index contributed by atoms with van der Waals surface area (Å²) in [5.41, 5.74) is -0.0186. The summed E-state index contributed by atoms with van der Waals surface area (Å²) >= 11 is 0. The number of carboxylic acids is 1. The van der Waals surface area contributed by atoms with E-state index in [2.05, 4.69) is 20.8 Å². The number of hydrogen-bond acceptors (Lipinski definition) is 7. The average molecular weight is 365 g/mol. The molecular formula is C13H15N7O6. The molecule has 2 rings (SSSR count). The standard InChI is InChI=1S/C13H15N7O6/c21-11(7-19-6-10(4-17-19)20(25)26)14-1-2-15-13(24)9-3-16-18(5-9)8-12(22)23/h3-6H,1-2,7-8H2,(H,14,21)(H,15,24)(H,22,23). The first-order valence-corrected chi connectivity index (χ1v) is 7.31. The maximum atomic E-state index is 11.8. The molecule has 3 N–H and O–H groups in total. The van der Waals surface area contributed by atoms with E-state index in [1.807, 2.05) is 0 Å². The Balaban J connectivity index is 1.69. The van der Waals surface area contributed by atoms with Gasteiger partial charge in [0.25, 0.3) is 5.91 Å². The number of carbonyl (C=O) groups is 3. The second-order valence-corrected chi connectivity index (χ2v) is 5.08. The Hall–Kier alpha value is -3.77. The minimum absolute atomic E-state index is 0.133. The number of nitrogens with zero attached hydrogens (tertiary/aromatic N) is 5. The number of aliphatic carboxylic acids is 1. The lowest BCUT2D eigenvalue weighted by molar-refractivity contribution is -0.385. The highest BCUT2D eigenvalue weighted by atomic mass is 16.6. The van der Waals surface area contributed by atoms with Crippen LogP contribution in [0.2, 0.25) is 0 Å². The third-order valence-corrected chi connectivity index (χ3v) is 3.06. The van der Waals surface area contributed by atoms with Crippen molar-refractivity contribution in [3.63, 3.8) is 0 Å². The van der Waals surface area contributed by atoms with Crippen LogP contribution in [0.15, 0.2) is 24.8 Å². The van der Waals surface area contributed by atoms with Gasteiger partial charge in [0.1, 0.15) is 25.5 Å². The molecule has 0 aliphatic heterocycles. The zero-order chi connectivity index (χ0) is 19.1. The lowest BCUT2D eigenvalue weighted by atomic mass is 10.3. The summed E-state index contributed by atoms with van der Waals surface area (Å²) in [5, 5.41) is 31.7. The number of amides is 2. The first-order chi connectivity index (χ1) is 12.3. The Kier molecular flexibility index (Phi) is 5.97. The van der Waals surface area contributed by atoms with Gasteiger partial charge in [-0.1, -0.05) is 0 Å². The molecule has 0 spiro atoms. The molecule has 13 nitrogen and oxygen atoms in total. The van der Waals surface area contributed by atoms with Crippen LogP contribution in [0.5, 0.6) is 0 Å². The van der Waals surface area contributed by atoms with Gasteiger partial charge in [-0.05, 0) is 0 Å². The smallest absolute Gasteiger partial charge is 0.325 e. The second-order valence-electron chi connectivity index (χ2n) is 5.08. The van der Waals surface area contributed by atoms with Crippen LogP contribution in [0.1, 0.15) is 10.4 Å². The van der Waals surface area contributed by atoms with Gasteiger partial charge in [0.05, 0.1) is 16.7 Å². The van der Waals surface area contributed by atoms with E-state index in [0.717, 1.165) is 21.8 Å². The first kappa shape index (κ1) is 18.6. The van der Waals surface area contributed by atoms with E-state index in [9.17, 15) is 24.5 Å². The maximum Gasteiger partial charge on any atom is 0.325 e. The molecule has 0 unspecified atom stereocenters. The summed E-state index contributed by atoms with van der Waals surface area (Å²) in [6.45, 7) is -0.274. The van der Waals surface area contributed by atoms with Crippen LogP contribution >= 0.6 is 0 Å². The summed E-state index contributed by atoms with van der Waals surface area (Å²) in [6.07, 6.45) is 4.71. The number of carbonyl (C=O) groups excluding carboxylic acids is 2. The molecule has 138 valence electrons. The number of aromatic nitrogens is 4. The summed E-state index contributed by atoms with van der Waals surface area (Å²) in [5.74, 6) is -1.96. The Morgan fingerprint density at radius 1 is 1.08 bits per heavy atom. The number of rotatable bonds is 9. The summed E-state index contributed by atoms with van der Waals surface area (Å²) in [4.78, 5) is 44.0. The van der Waals surface area contributed by atoms with Crippen molar-refractivity contribution < 1.29 is 24.4 Å². The molecule has 0 radical (unpaired) electrons. The third-order valence-electron chi connectivity index (χ3n) is 3.06. The van der Waals surface area contributed by atoms with Crippen LogP contribution < -0.4 is 10.6 Å². The van der Waals surface area contributed by atoms with E-state index >= 15 is 0 Å². The van der Waals surface area contributed by atoms with Crippen LogP contribution in [0.25, 0.3) is 0 Å². The summed E-state index contributed by atoms with van der Waals surface area (Å²) < 4.78 is 2.24. The molecule has 26 heavy (non-hydrogen) atoms. The van der Waals surface area contributed by atoms with Gasteiger partial charge in [-0.3, -0.25) is 33.9 Å². The monoisotopic (exact) mass is 365 g/mol. The van der Waals surface area contributed by atoms with Gasteiger partial charge in [-0.2, -0.15) is 10.2 Å². The van der Waals surface area contributed by atoms with E-state index in [1.54, 1.807) is 0 Å². The Bertz CT molecular complexity index is 827. The highest BCUT2D eigenvalue weighted by Gasteiger charge is 2.12. The van der Waals surface area contributed by atoms with Gasteiger partial charge in [0.2, 0.25) is 5.91 Å². The Labute approximate surface area is 145 Å². The van der Waals surface area contributed by atoms with Crippen LogP contribution in [-0.4, -0.2) is 60.5 Å². The molecule has 0 fully saturated rings. The SMILES string of the molecule is O=C(O)Cn1cc(C(=O)NCCNC(=O)Cn2cc([N+](=O)[O-])cn2)cn1. The molecule has 0 aliphatic rings. The molecule has 0 saturated carbocycles. The molecule has 0 atom stereocenters. The minimum atomic E-state index is -1.08. The van der Waals surface area contributed by atoms with Gasteiger partial charge in [-0.25, -0.2) is 0 Å². The largest absolute Gasteiger partial charge is 0.480 e. The zero-order valence-corrected chi connectivity index (χ0v) is 13.4. The number of nitro groups is 1. The fraction of sp³-hybridized carbons (Fsp3) is 0.308. The van der Waals surface area contributed by atoms with E-state index in [0.29, 0.717) is 0 Å². The first-order valence-electron chi connectivity index (χ1n) is 7.31. The summed E-state index contributed by atoms with van der Waals surface area (Å²) in [6, 6.07) is 0. The molecule has 0 aromatic carbocycles. The molecule has 0 bridgehead atoms. The zero-order valence-electron chi connectivity index (χ0n) is 13.4. The maximum absolute atomic E-state index is 11.8. The van der Waals surface area contributed by atoms with Gasteiger partial charge in [0, 0.05) is 19.3 Å². The van der Waals surface area contributed by atoms with Crippen molar-refractivity contribution in [3.05, 3.63) is 40.5 Å². The summed E-state index contributed by atoms with van der Waals surface area (Å²) in [7, 11) is 0. The lowest BCUT2D eigenvalue weighted by Crippen LogP contribution is -2.36. The topological polar surface area (TPSA) is 174 Å². The normalized spacial score (nSPS) is 10.3. The van der Waals surface area contributed by atoms with Crippen molar-refractivity contribution in [1.29, 1.82) is 0 Å². The molecule has 13 heteroatoms. The number of hydrogen-bond donors (Lipinski definition) is 3. The Morgan fingerprint density at radius 3 is 2.38 bits per heavy atom. The van der Waals surface area contributed by atoms with E-state index in [-0.39, 0.29) is 37.4 Å². The minimum Gasteiger partial charge on any atom is -0.480 e. The van der Waals surface area contributed by atoms with E-state index in [1.165, 1.54) is 12.4 Å². The molecule has 0 aliphatic carbocycles. The van der Waals surface area contributed by atoms with Crippen molar-refractivity contribution >= 4 is 23.5 Å². The molecule has 2 aromatic rings. The van der Waals surface area contributed by atoms with Gasteiger partial charge in [0.15, 0.2) is 0 Å². The van der Waals surface area contributed by atoms with Crippen molar-refractivity contribution in [3.8, 4) is 0 Å². The fourth-order valence-electron chi connectivity index (χ4n) is 1.92. The van der Waals surface area contributed by atoms with Gasteiger partial charge in [-0.15, -0.1) is 0 Å². The fourth-order valence-corrected chi connectivity index (χ4v) is 1.92. The third kappa shape index (κ3) is 5.40. The molecular weight excluding hydrogens is 350 g/mol. The molecule has 2 amide bonds. The average Bonchev–Trinajstić information content (AvgIpc) is 3.20. The number of carboxylic acid groups (broad SMARTS) is 1. The van der Waals surface area contributed by atoms with Crippen molar-refractivity contribution in [2.24, 2.45) is 0 Å². The van der Waals surface area contributed by atoms with E-state index in [4.69, 9.17) is 5.11 Å². The van der Waals surface area contributed by atoms with Gasteiger partial charge < -0.3 is 15.7 Å². The lowest BCUT2D eigenvalue weighted by Gasteiger charge is -2.06. The molecule has 2 heterocycles. The van der Waals surface area contributed by atoms with Crippen LogP contribution in [0, 0.1) is 10.1 Å². The van der Waals surface area contributed by atoms with Gasteiger partial charge >= 0.3 is 11.7 Å². The van der Waals surface area contributed by atoms with Crippen molar-refractivity contribution in [2.75, 3.05) is 13.1 Å². The highest BCUT2D eigenvalue weighted by Crippen LogP contribution is 2.07. The molecule has 0 saturated heterocycles. The Morgan fingerprint density at radius 2 is 1.73 bits per heavy atom. The van der Waals surface area contributed by atoms with Crippen molar-refractivity contribution in [1.82, 2.24) is 30.2 Å². The van der Waals surface area contributed by atoms with Crippen LogP contribution in [0.4, 0.5) is 5.69 Å². The van der Waals surface area contributed by atoms with Crippen LogP contribution in [0.3, 0.4) is 0 Å². The predicted molar refractivity (Wildman–Crippen MR) is 84.1 cm³/mol. The number of nitrogens with one attached hydrogen (secondary N) is 2. The highest BCUT2D eigenvalue weighted by molar-refractivity contribution is 5.93. The van der Waals surface area contributed by atoms with E-state index < -0.39 is 22.7 Å². The second kappa shape index (κ2) is 8.36. The van der Waals surface area contributed by atoms with Crippen LogP contribution in [-0.2, 0) is 22.7 Å². The van der Waals surface area contributed by atoms with Crippen molar-refractivity contribution in [2.45, 2.75) is 13.1 Å². The molecule has 2 aromatic heterocycles. The predicted octanol–water partition coefficient (Wildman–Crippen LogP) is -1.38.